The molecule has 4 heteroatoms. The van der Waals surface area contributed by atoms with Crippen LogP contribution in [0.1, 0.15) is 13.8 Å². The molecule has 64 valence electrons. The first-order valence-corrected chi connectivity index (χ1v) is 4.83. The quantitative estimate of drug-likeness (QED) is 0.371. The van der Waals surface area contributed by atoms with Crippen molar-refractivity contribution in [2.75, 3.05) is 7.11 Å². The molecule has 11 heavy (non-hydrogen) atoms. The lowest BCUT2D eigenvalue weighted by molar-refractivity contribution is -0.132. The largest absolute Gasteiger partial charge is 0.465 e. The lowest BCUT2D eigenvalue weighted by atomic mass is 10.1. The molecule has 0 aliphatic heterocycles. The van der Waals surface area contributed by atoms with E-state index in [1.165, 1.54) is 7.11 Å². The SMILES string of the molecule is COC(=O)C(=N)[C@H]([SiH3])C(C)C. The summed E-state index contributed by atoms with van der Waals surface area (Å²) in [6, 6.07) is 0. The van der Waals surface area contributed by atoms with Gasteiger partial charge in [0, 0.05) is 10.2 Å². The molecule has 0 bridgehead atoms. The first-order chi connectivity index (χ1) is 5.00. The monoisotopic (exact) mass is 173 g/mol. The molecule has 0 fully saturated rings. The van der Waals surface area contributed by atoms with E-state index in [0.717, 1.165) is 10.2 Å². The molecule has 1 atom stereocenters. The zero-order valence-corrected chi connectivity index (χ0v) is 9.47. The van der Waals surface area contributed by atoms with Gasteiger partial charge in [-0.1, -0.05) is 13.8 Å². The molecule has 0 amide bonds. The van der Waals surface area contributed by atoms with E-state index in [0.29, 0.717) is 5.92 Å². The number of rotatable bonds is 3. The fraction of sp³-hybridized carbons (Fsp3) is 0.714. The minimum atomic E-state index is -0.487. The van der Waals surface area contributed by atoms with Crippen molar-refractivity contribution in [2.45, 2.75) is 19.4 Å². The van der Waals surface area contributed by atoms with Crippen LogP contribution in [0.15, 0.2) is 0 Å². The predicted octanol–water partition coefficient (Wildman–Crippen LogP) is -0.0109. The fourth-order valence-electron chi connectivity index (χ4n) is 0.629. The van der Waals surface area contributed by atoms with Crippen molar-refractivity contribution in [3.05, 3.63) is 0 Å². The summed E-state index contributed by atoms with van der Waals surface area (Å²) in [5.41, 5.74) is 0.233. The Hall–Kier alpha value is -0.643. The van der Waals surface area contributed by atoms with E-state index in [9.17, 15) is 4.79 Å². The van der Waals surface area contributed by atoms with Gasteiger partial charge in [0.15, 0.2) is 0 Å². The molecular formula is C7H15NO2Si. The number of nitrogens with one attached hydrogen (secondary N) is 1. The van der Waals surface area contributed by atoms with E-state index in [1.807, 2.05) is 13.8 Å². The molecule has 0 aliphatic carbocycles. The van der Waals surface area contributed by atoms with Crippen molar-refractivity contribution in [2.24, 2.45) is 5.92 Å². The molecule has 0 aliphatic rings. The van der Waals surface area contributed by atoms with Crippen LogP contribution in [-0.4, -0.2) is 29.0 Å². The molecule has 0 aromatic heterocycles. The summed E-state index contributed by atoms with van der Waals surface area (Å²) < 4.78 is 4.44. The highest BCUT2D eigenvalue weighted by molar-refractivity contribution is 6.46. The minimum Gasteiger partial charge on any atom is -0.465 e. The van der Waals surface area contributed by atoms with Crippen LogP contribution >= 0.6 is 0 Å². The summed E-state index contributed by atoms with van der Waals surface area (Å²) in [5, 5.41) is 7.39. The number of methoxy groups -OCH3 is 1. The van der Waals surface area contributed by atoms with Gasteiger partial charge >= 0.3 is 5.97 Å². The van der Waals surface area contributed by atoms with E-state index in [-0.39, 0.29) is 11.3 Å². The highest BCUT2D eigenvalue weighted by Gasteiger charge is 2.19. The van der Waals surface area contributed by atoms with Gasteiger partial charge in [-0.05, 0) is 11.5 Å². The van der Waals surface area contributed by atoms with Gasteiger partial charge in [0.25, 0.3) is 0 Å². The maximum atomic E-state index is 10.8. The third-order valence-electron chi connectivity index (χ3n) is 1.86. The van der Waals surface area contributed by atoms with Crippen molar-refractivity contribution in [3.8, 4) is 0 Å². The van der Waals surface area contributed by atoms with Gasteiger partial charge in [-0.15, -0.1) is 0 Å². The predicted molar refractivity (Wildman–Crippen MR) is 48.3 cm³/mol. The fourth-order valence-corrected chi connectivity index (χ4v) is 0.865. The first-order valence-electron chi connectivity index (χ1n) is 3.67. The normalized spacial score (nSPS) is 13.1. The second-order valence-corrected chi connectivity index (χ2v) is 4.18. The van der Waals surface area contributed by atoms with E-state index in [1.54, 1.807) is 0 Å². The van der Waals surface area contributed by atoms with Crippen LogP contribution in [0.25, 0.3) is 0 Å². The Balaban J connectivity index is 4.14. The number of hydrogen-bond donors (Lipinski definition) is 1. The number of carbonyl (C=O) groups excluding carboxylic acids is 1. The van der Waals surface area contributed by atoms with Gasteiger partial charge in [0.2, 0.25) is 0 Å². The van der Waals surface area contributed by atoms with Crippen LogP contribution in [-0.2, 0) is 9.53 Å². The van der Waals surface area contributed by atoms with Gasteiger partial charge in [-0.2, -0.15) is 0 Å². The van der Waals surface area contributed by atoms with E-state index in [4.69, 9.17) is 5.41 Å². The van der Waals surface area contributed by atoms with Crippen LogP contribution in [0.4, 0.5) is 0 Å². The summed E-state index contributed by atoms with van der Waals surface area (Å²) in [6.07, 6.45) is 0. The van der Waals surface area contributed by atoms with Gasteiger partial charge in [-0.3, -0.25) is 5.41 Å². The van der Waals surface area contributed by atoms with Crippen molar-refractivity contribution >= 4 is 21.9 Å². The van der Waals surface area contributed by atoms with E-state index < -0.39 is 5.97 Å². The third-order valence-corrected chi connectivity index (χ3v) is 3.77. The smallest absolute Gasteiger partial charge is 0.351 e. The summed E-state index contributed by atoms with van der Waals surface area (Å²) in [6.45, 7) is 4.02. The first kappa shape index (κ1) is 10.4. The molecular weight excluding hydrogens is 158 g/mol. The maximum absolute atomic E-state index is 10.8. The van der Waals surface area contributed by atoms with Gasteiger partial charge in [0.05, 0.1) is 7.11 Å². The average molecular weight is 173 g/mol. The lowest BCUT2D eigenvalue weighted by Gasteiger charge is -2.14. The van der Waals surface area contributed by atoms with E-state index in [2.05, 4.69) is 4.74 Å². The highest BCUT2D eigenvalue weighted by atomic mass is 28.1. The molecule has 3 nitrogen and oxygen atoms in total. The molecule has 0 aromatic rings. The number of esters is 1. The Kier molecular flexibility index (Phi) is 4.03. The molecule has 0 radical (unpaired) electrons. The van der Waals surface area contributed by atoms with Crippen LogP contribution in [0, 0.1) is 11.3 Å². The third kappa shape index (κ3) is 2.84. The Morgan fingerprint density at radius 1 is 1.55 bits per heavy atom. The summed E-state index contributed by atoms with van der Waals surface area (Å²) in [5.74, 6) is -0.119. The number of ether oxygens (including phenoxy) is 1. The molecule has 0 unspecified atom stereocenters. The minimum absolute atomic E-state index is 0.113. The summed E-state index contributed by atoms with van der Waals surface area (Å²) >= 11 is 0. The van der Waals surface area contributed by atoms with Gasteiger partial charge < -0.3 is 4.74 Å². The van der Waals surface area contributed by atoms with Crippen LogP contribution < -0.4 is 0 Å². The molecule has 1 N–H and O–H groups in total. The van der Waals surface area contributed by atoms with Crippen LogP contribution in [0.5, 0.6) is 0 Å². The molecule has 0 rings (SSSR count). The second-order valence-electron chi connectivity index (χ2n) is 2.94. The molecule has 0 heterocycles. The Labute approximate surface area is 70.1 Å². The molecule has 0 aromatic carbocycles. The van der Waals surface area contributed by atoms with E-state index >= 15 is 0 Å². The second kappa shape index (κ2) is 4.28. The average Bonchev–Trinajstić information content (AvgIpc) is 2.00. The van der Waals surface area contributed by atoms with Gasteiger partial charge in [0.1, 0.15) is 5.71 Å². The zero-order valence-electron chi connectivity index (χ0n) is 7.47. The maximum Gasteiger partial charge on any atom is 0.351 e. The highest BCUT2D eigenvalue weighted by Crippen LogP contribution is 2.14. The van der Waals surface area contributed by atoms with Crippen molar-refractivity contribution < 1.29 is 9.53 Å². The summed E-state index contributed by atoms with van der Waals surface area (Å²) in [7, 11) is 2.15. The molecule has 0 spiro atoms. The Morgan fingerprint density at radius 3 is 2.27 bits per heavy atom. The summed E-state index contributed by atoms with van der Waals surface area (Å²) in [4.78, 5) is 10.8. The number of hydrogen-bond acceptors (Lipinski definition) is 3. The topological polar surface area (TPSA) is 50.2 Å². The van der Waals surface area contributed by atoms with Crippen molar-refractivity contribution in [3.63, 3.8) is 0 Å². The van der Waals surface area contributed by atoms with Crippen LogP contribution in [0.3, 0.4) is 0 Å². The Bertz CT molecular complexity index is 168. The molecule has 0 saturated heterocycles. The van der Waals surface area contributed by atoms with Crippen molar-refractivity contribution in [1.29, 1.82) is 5.41 Å². The molecule has 0 saturated carbocycles. The standard InChI is InChI=1S/C7H15NO2Si/c1-4(2)6(11)5(8)7(9)10-3/h4,6,8H,1-3,11H3/t6-/m1/s1. The lowest BCUT2D eigenvalue weighted by Crippen LogP contribution is -2.23. The zero-order chi connectivity index (χ0) is 9.02. The Morgan fingerprint density at radius 2 is 2.00 bits per heavy atom. The number of carbonyl (C=O) groups is 1. The van der Waals surface area contributed by atoms with Crippen molar-refractivity contribution in [1.82, 2.24) is 0 Å². The van der Waals surface area contributed by atoms with Crippen LogP contribution in [0.2, 0.25) is 5.54 Å². The van der Waals surface area contributed by atoms with Gasteiger partial charge in [-0.25, -0.2) is 4.79 Å².